The summed E-state index contributed by atoms with van der Waals surface area (Å²) in [5.74, 6) is -2.76. The molecule has 2 aliphatic heterocycles. The average molecular weight is 510 g/mol. The van der Waals surface area contributed by atoms with Gasteiger partial charge in [0.25, 0.3) is 0 Å². The highest BCUT2D eigenvalue weighted by Gasteiger charge is 2.53. The fraction of sp³-hybridized carbons (Fsp3) is 0.583. The summed E-state index contributed by atoms with van der Waals surface area (Å²) in [6, 6.07) is 9.34. The van der Waals surface area contributed by atoms with E-state index in [0.717, 1.165) is 26.3 Å². The van der Waals surface area contributed by atoms with Crippen molar-refractivity contribution in [2.24, 2.45) is 0 Å². The fourth-order valence-electron chi connectivity index (χ4n) is 3.85. The van der Waals surface area contributed by atoms with Gasteiger partial charge in [0.15, 0.2) is 30.9 Å². The molecule has 0 bridgehead atoms. The van der Waals surface area contributed by atoms with Gasteiger partial charge in [-0.25, -0.2) is 0 Å². The quantitative estimate of drug-likeness (QED) is 0.366. The largest absolute Gasteiger partial charge is 0.463 e. The molecule has 1 aromatic rings. The molecule has 0 aliphatic carbocycles. The first-order valence-electron chi connectivity index (χ1n) is 11.4. The Morgan fingerprint density at radius 3 is 1.89 bits per heavy atom. The molecular formula is C24H30O12. The Balaban J connectivity index is 1.80. The second kappa shape index (κ2) is 12.8. The third-order valence-corrected chi connectivity index (χ3v) is 5.21. The van der Waals surface area contributed by atoms with Crippen molar-refractivity contribution in [1.82, 2.24) is 0 Å². The maximum absolute atomic E-state index is 11.9. The summed E-state index contributed by atoms with van der Waals surface area (Å²) in [5, 5.41) is 0. The molecule has 5 unspecified atom stereocenters. The number of esters is 4. The first kappa shape index (κ1) is 27.5. The molecule has 0 amide bonds. The normalized spacial score (nSPS) is 30.1. The number of carbonyl (C=O) groups is 4. The van der Waals surface area contributed by atoms with Gasteiger partial charge in [-0.1, -0.05) is 30.3 Å². The maximum atomic E-state index is 11.9. The van der Waals surface area contributed by atoms with E-state index < -0.39 is 67.0 Å². The van der Waals surface area contributed by atoms with Gasteiger partial charge in [-0.05, 0) is 0 Å². The minimum absolute atomic E-state index is 0.117. The molecule has 2 aliphatic rings. The third-order valence-electron chi connectivity index (χ3n) is 5.21. The lowest BCUT2D eigenvalue weighted by Gasteiger charge is -2.45. The lowest BCUT2D eigenvalue weighted by molar-refractivity contribution is -0.335. The van der Waals surface area contributed by atoms with Crippen molar-refractivity contribution >= 4 is 23.9 Å². The number of hydrogen-bond donors (Lipinski definition) is 0. The molecule has 12 heteroatoms. The molecule has 0 N–H and O–H groups in total. The number of benzene rings is 1. The lowest BCUT2D eigenvalue weighted by atomic mass is 9.98. The predicted molar refractivity (Wildman–Crippen MR) is 118 cm³/mol. The topological polar surface area (TPSA) is 142 Å². The second-order valence-electron chi connectivity index (χ2n) is 8.24. The van der Waals surface area contributed by atoms with Crippen LogP contribution in [0.25, 0.3) is 0 Å². The Bertz CT molecular complexity index is 911. The van der Waals surface area contributed by atoms with E-state index >= 15 is 0 Å². The molecule has 0 radical (unpaired) electrons. The predicted octanol–water partition coefficient (Wildman–Crippen LogP) is 1.20. The minimum Gasteiger partial charge on any atom is -0.463 e. The number of ether oxygens (including phenoxy) is 8. The summed E-state index contributed by atoms with van der Waals surface area (Å²) >= 11 is 0. The van der Waals surface area contributed by atoms with Crippen molar-refractivity contribution < 1.29 is 57.1 Å². The van der Waals surface area contributed by atoms with E-state index in [0.29, 0.717) is 0 Å². The molecule has 36 heavy (non-hydrogen) atoms. The van der Waals surface area contributed by atoms with Crippen LogP contribution in [0.5, 0.6) is 0 Å². The maximum Gasteiger partial charge on any atom is 0.303 e. The van der Waals surface area contributed by atoms with Gasteiger partial charge in [0.1, 0.15) is 18.8 Å². The molecule has 198 valence electrons. The fourth-order valence-corrected chi connectivity index (χ4v) is 3.85. The van der Waals surface area contributed by atoms with E-state index in [4.69, 9.17) is 37.9 Å². The highest BCUT2D eigenvalue weighted by atomic mass is 16.8. The van der Waals surface area contributed by atoms with Crippen LogP contribution in [-0.4, -0.2) is 80.5 Å². The summed E-state index contributed by atoms with van der Waals surface area (Å²) in [4.78, 5) is 47.0. The van der Waals surface area contributed by atoms with E-state index in [9.17, 15) is 19.2 Å². The zero-order valence-electron chi connectivity index (χ0n) is 20.4. The minimum atomic E-state index is -1.31. The lowest BCUT2D eigenvalue weighted by Crippen LogP contribution is -2.63. The summed E-state index contributed by atoms with van der Waals surface area (Å²) in [6.07, 6.45) is -7.49. The van der Waals surface area contributed by atoms with E-state index in [2.05, 4.69) is 0 Å². The van der Waals surface area contributed by atoms with Gasteiger partial charge in [-0.2, -0.15) is 0 Å². The van der Waals surface area contributed by atoms with E-state index in [1.54, 1.807) is 0 Å². The van der Waals surface area contributed by atoms with Crippen molar-refractivity contribution in [2.45, 2.75) is 70.8 Å². The molecule has 2 saturated heterocycles. The Hall–Kier alpha value is -3.06. The first-order chi connectivity index (χ1) is 17.1. The van der Waals surface area contributed by atoms with Crippen LogP contribution in [0, 0.1) is 0 Å². The van der Waals surface area contributed by atoms with Gasteiger partial charge >= 0.3 is 23.9 Å². The van der Waals surface area contributed by atoms with Gasteiger partial charge < -0.3 is 37.9 Å². The van der Waals surface area contributed by atoms with Crippen LogP contribution < -0.4 is 0 Å². The first-order valence-corrected chi connectivity index (χ1v) is 11.4. The number of rotatable bonds is 8. The van der Waals surface area contributed by atoms with Gasteiger partial charge in [0.2, 0.25) is 0 Å². The molecule has 2 fully saturated rings. The van der Waals surface area contributed by atoms with E-state index in [-0.39, 0.29) is 19.8 Å². The summed E-state index contributed by atoms with van der Waals surface area (Å²) < 4.78 is 44.7. The van der Waals surface area contributed by atoms with Gasteiger partial charge in [0, 0.05) is 33.3 Å². The zero-order valence-corrected chi connectivity index (χ0v) is 20.4. The standard InChI is InChI=1S/C24H30O12/c1-13(25)29-12-19-20(32-14(2)26)21(33-15(3)27)22(34-16(4)28)24(36-19)35-18-10-30-23(31-11-18)17-8-6-5-7-9-17/h5-9,18-24H,10-12H2,1-4H3. The van der Waals surface area contributed by atoms with Crippen molar-refractivity contribution in [2.75, 3.05) is 19.8 Å². The summed E-state index contributed by atoms with van der Waals surface area (Å²) in [7, 11) is 0. The van der Waals surface area contributed by atoms with Gasteiger partial charge in [-0.3, -0.25) is 19.2 Å². The molecule has 0 spiro atoms. The van der Waals surface area contributed by atoms with Crippen LogP contribution in [-0.2, 0) is 57.1 Å². The molecular weight excluding hydrogens is 480 g/mol. The Morgan fingerprint density at radius 2 is 1.33 bits per heavy atom. The van der Waals surface area contributed by atoms with Crippen molar-refractivity contribution in [3.05, 3.63) is 35.9 Å². The number of hydrogen-bond acceptors (Lipinski definition) is 12. The smallest absolute Gasteiger partial charge is 0.303 e. The molecule has 5 atom stereocenters. The monoisotopic (exact) mass is 510 g/mol. The van der Waals surface area contributed by atoms with Gasteiger partial charge in [-0.15, -0.1) is 0 Å². The molecule has 0 aromatic heterocycles. The molecule has 12 nitrogen and oxygen atoms in total. The number of carbonyl (C=O) groups excluding carboxylic acids is 4. The van der Waals surface area contributed by atoms with Gasteiger partial charge in [0.05, 0.1) is 13.2 Å². The molecule has 3 rings (SSSR count). The van der Waals surface area contributed by atoms with Crippen molar-refractivity contribution in [3.63, 3.8) is 0 Å². The Kier molecular flexibility index (Phi) is 9.76. The van der Waals surface area contributed by atoms with E-state index in [1.165, 1.54) is 6.92 Å². The van der Waals surface area contributed by atoms with E-state index in [1.807, 2.05) is 30.3 Å². The highest BCUT2D eigenvalue weighted by molar-refractivity contribution is 5.68. The van der Waals surface area contributed by atoms with Crippen LogP contribution in [0.2, 0.25) is 0 Å². The van der Waals surface area contributed by atoms with Crippen LogP contribution in [0.4, 0.5) is 0 Å². The summed E-state index contributed by atoms with van der Waals surface area (Å²) in [6.45, 7) is 4.55. The van der Waals surface area contributed by atoms with Crippen LogP contribution in [0.3, 0.4) is 0 Å². The van der Waals surface area contributed by atoms with Crippen LogP contribution in [0.15, 0.2) is 30.3 Å². The Morgan fingerprint density at radius 1 is 0.778 bits per heavy atom. The summed E-state index contributed by atoms with van der Waals surface area (Å²) in [5.41, 5.74) is 0.836. The molecule has 2 heterocycles. The molecule has 0 saturated carbocycles. The van der Waals surface area contributed by atoms with Crippen molar-refractivity contribution in [1.29, 1.82) is 0 Å². The second-order valence-corrected chi connectivity index (χ2v) is 8.24. The van der Waals surface area contributed by atoms with Crippen LogP contribution in [0.1, 0.15) is 39.5 Å². The SMILES string of the molecule is CC(=O)OCC1OC(OC2COC(c3ccccc3)OC2)C(OC(C)=O)C(OC(C)=O)C1OC(C)=O. The molecule has 1 aromatic carbocycles. The van der Waals surface area contributed by atoms with Crippen molar-refractivity contribution in [3.8, 4) is 0 Å². The zero-order chi connectivity index (χ0) is 26.2. The van der Waals surface area contributed by atoms with Crippen LogP contribution >= 0.6 is 0 Å². The average Bonchev–Trinajstić information content (AvgIpc) is 2.82. The highest BCUT2D eigenvalue weighted by Crippen LogP contribution is 2.32. The Labute approximate surface area is 208 Å². The third kappa shape index (κ3) is 7.72.